The van der Waals surface area contributed by atoms with E-state index < -0.39 is 0 Å². The summed E-state index contributed by atoms with van der Waals surface area (Å²) >= 11 is 5.95. The minimum absolute atomic E-state index is 0.346. The average Bonchev–Trinajstić information content (AvgIpc) is 2.56. The van der Waals surface area contributed by atoms with Crippen LogP contribution in [0.25, 0.3) is 0 Å². The number of anilines is 2. The molecule has 3 rings (SSSR count). The third-order valence-electron chi connectivity index (χ3n) is 4.23. The standard InChI is InChI=1S/C18H20ClN5/c1-12-9-18(22-13(2)21-12)24-7-5-16(6-8-24)23-17-4-3-15(19)10-14(17)11-20/h3-4,9-10,16,23H,5-8H2,1-2H3. The van der Waals surface area contributed by atoms with Gasteiger partial charge in [0.25, 0.3) is 0 Å². The molecule has 24 heavy (non-hydrogen) atoms. The number of nitrogens with zero attached hydrogens (tertiary/aromatic N) is 4. The molecule has 0 amide bonds. The Bertz CT molecular complexity index is 755. The summed E-state index contributed by atoms with van der Waals surface area (Å²) in [5.74, 6) is 1.81. The number of aryl methyl sites for hydroxylation is 2. The largest absolute Gasteiger partial charge is 0.381 e. The zero-order valence-electron chi connectivity index (χ0n) is 13.9. The van der Waals surface area contributed by atoms with E-state index in [9.17, 15) is 5.26 Å². The van der Waals surface area contributed by atoms with Gasteiger partial charge in [0.2, 0.25) is 0 Å². The summed E-state index contributed by atoms with van der Waals surface area (Å²) in [6.45, 7) is 5.79. The molecular formula is C18H20ClN5. The molecule has 0 radical (unpaired) electrons. The molecule has 1 aromatic heterocycles. The Kier molecular flexibility index (Phi) is 4.86. The van der Waals surface area contributed by atoms with Crippen molar-refractivity contribution in [2.24, 2.45) is 0 Å². The number of aromatic nitrogens is 2. The number of nitrogens with one attached hydrogen (secondary N) is 1. The molecule has 0 spiro atoms. The summed E-state index contributed by atoms with van der Waals surface area (Å²) in [6, 6.07) is 9.97. The van der Waals surface area contributed by atoms with Crippen molar-refractivity contribution in [3.8, 4) is 6.07 Å². The molecule has 0 atom stereocenters. The Morgan fingerprint density at radius 1 is 1.21 bits per heavy atom. The number of nitriles is 1. The van der Waals surface area contributed by atoms with E-state index in [1.165, 1.54) is 0 Å². The molecule has 2 heterocycles. The molecule has 2 aromatic rings. The molecule has 1 N–H and O–H groups in total. The SMILES string of the molecule is Cc1cc(N2CCC(Nc3ccc(Cl)cc3C#N)CC2)nc(C)n1. The van der Waals surface area contributed by atoms with Crippen molar-refractivity contribution in [1.82, 2.24) is 9.97 Å². The summed E-state index contributed by atoms with van der Waals surface area (Å²) in [4.78, 5) is 11.2. The molecule has 5 nitrogen and oxygen atoms in total. The molecule has 1 aliphatic rings. The Morgan fingerprint density at radius 2 is 1.96 bits per heavy atom. The first kappa shape index (κ1) is 16.5. The molecule has 1 saturated heterocycles. The molecule has 124 valence electrons. The summed E-state index contributed by atoms with van der Waals surface area (Å²) in [7, 11) is 0. The second kappa shape index (κ2) is 7.06. The lowest BCUT2D eigenvalue weighted by molar-refractivity contribution is 0.523. The van der Waals surface area contributed by atoms with Crippen LogP contribution in [0.5, 0.6) is 0 Å². The smallest absolute Gasteiger partial charge is 0.132 e. The van der Waals surface area contributed by atoms with Crippen molar-refractivity contribution in [2.75, 3.05) is 23.3 Å². The molecule has 1 aromatic carbocycles. The van der Waals surface area contributed by atoms with E-state index in [2.05, 4.69) is 26.3 Å². The lowest BCUT2D eigenvalue weighted by atomic mass is 10.0. The van der Waals surface area contributed by atoms with Crippen LogP contribution >= 0.6 is 11.6 Å². The number of rotatable bonds is 3. The zero-order valence-corrected chi connectivity index (χ0v) is 14.6. The van der Waals surface area contributed by atoms with Crippen LogP contribution in [0.1, 0.15) is 29.9 Å². The first-order valence-corrected chi connectivity index (χ1v) is 8.46. The van der Waals surface area contributed by atoms with Crippen LogP contribution < -0.4 is 10.2 Å². The fraction of sp³-hybridized carbons (Fsp3) is 0.389. The van der Waals surface area contributed by atoms with E-state index >= 15 is 0 Å². The van der Waals surface area contributed by atoms with Gasteiger partial charge >= 0.3 is 0 Å². The van der Waals surface area contributed by atoms with Gasteiger partial charge in [-0.2, -0.15) is 5.26 Å². The van der Waals surface area contributed by atoms with E-state index in [0.717, 1.165) is 49.0 Å². The topological polar surface area (TPSA) is 64.8 Å². The summed E-state index contributed by atoms with van der Waals surface area (Å²) in [5, 5.41) is 13.3. The minimum Gasteiger partial charge on any atom is -0.381 e. The van der Waals surface area contributed by atoms with E-state index in [4.69, 9.17) is 11.6 Å². The van der Waals surface area contributed by atoms with Crippen LogP contribution in [0.4, 0.5) is 11.5 Å². The van der Waals surface area contributed by atoms with Crippen molar-refractivity contribution >= 4 is 23.1 Å². The maximum atomic E-state index is 9.24. The Morgan fingerprint density at radius 3 is 2.62 bits per heavy atom. The van der Waals surface area contributed by atoms with E-state index in [1.807, 2.05) is 32.0 Å². The first-order valence-electron chi connectivity index (χ1n) is 8.08. The van der Waals surface area contributed by atoms with Gasteiger partial charge < -0.3 is 10.2 Å². The second-order valence-electron chi connectivity index (χ2n) is 6.12. The Hall–Kier alpha value is -2.32. The van der Waals surface area contributed by atoms with Crippen molar-refractivity contribution in [3.05, 3.63) is 46.4 Å². The predicted octanol–water partition coefficient (Wildman–Crippen LogP) is 3.70. The van der Waals surface area contributed by atoms with Crippen molar-refractivity contribution < 1.29 is 0 Å². The highest BCUT2D eigenvalue weighted by molar-refractivity contribution is 6.30. The van der Waals surface area contributed by atoms with Gasteiger partial charge in [-0.05, 0) is 44.9 Å². The van der Waals surface area contributed by atoms with Crippen LogP contribution in [-0.4, -0.2) is 29.1 Å². The number of benzene rings is 1. The van der Waals surface area contributed by atoms with Crippen LogP contribution in [0.15, 0.2) is 24.3 Å². The third-order valence-corrected chi connectivity index (χ3v) is 4.47. The third kappa shape index (κ3) is 3.77. The Labute approximate surface area is 147 Å². The van der Waals surface area contributed by atoms with E-state index in [-0.39, 0.29) is 0 Å². The maximum Gasteiger partial charge on any atom is 0.132 e. The van der Waals surface area contributed by atoms with Gasteiger partial charge in [0.05, 0.1) is 11.3 Å². The van der Waals surface area contributed by atoms with E-state index in [1.54, 1.807) is 6.07 Å². The van der Waals surface area contributed by atoms with Gasteiger partial charge in [-0.15, -0.1) is 0 Å². The van der Waals surface area contributed by atoms with Gasteiger partial charge in [-0.3, -0.25) is 0 Å². The lowest BCUT2D eigenvalue weighted by Crippen LogP contribution is -2.39. The fourth-order valence-corrected chi connectivity index (χ4v) is 3.24. The van der Waals surface area contributed by atoms with Gasteiger partial charge in [-0.25, -0.2) is 9.97 Å². The fourth-order valence-electron chi connectivity index (χ4n) is 3.07. The molecule has 0 unspecified atom stereocenters. The van der Waals surface area contributed by atoms with Crippen LogP contribution in [-0.2, 0) is 0 Å². The molecule has 0 bridgehead atoms. The number of piperidine rings is 1. The van der Waals surface area contributed by atoms with Gasteiger partial charge in [-0.1, -0.05) is 11.6 Å². The molecule has 1 aliphatic heterocycles. The molecule has 0 aliphatic carbocycles. The molecule has 1 fully saturated rings. The number of hydrogen-bond acceptors (Lipinski definition) is 5. The van der Waals surface area contributed by atoms with Crippen molar-refractivity contribution in [2.45, 2.75) is 32.7 Å². The van der Waals surface area contributed by atoms with Crippen molar-refractivity contribution in [3.63, 3.8) is 0 Å². The van der Waals surface area contributed by atoms with Gasteiger partial charge in [0.15, 0.2) is 0 Å². The normalized spacial score (nSPS) is 15.2. The lowest BCUT2D eigenvalue weighted by Gasteiger charge is -2.34. The maximum absolute atomic E-state index is 9.24. The highest BCUT2D eigenvalue weighted by Gasteiger charge is 2.21. The summed E-state index contributed by atoms with van der Waals surface area (Å²) in [6.07, 6.45) is 1.99. The van der Waals surface area contributed by atoms with Crippen molar-refractivity contribution in [1.29, 1.82) is 5.26 Å². The molecule has 0 saturated carbocycles. The molecular weight excluding hydrogens is 322 g/mol. The highest BCUT2D eigenvalue weighted by Crippen LogP contribution is 2.24. The van der Waals surface area contributed by atoms with Gasteiger partial charge in [0.1, 0.15) is 17.7 Å². The predicted molar refractivity (Wildman–Crippen MR) is 96.5 cm³/mol. The number of halogens is 1. The monoisotopic (exact) mass is 341 g/mol. The highest BCUT2D eigenvalue weighted by atomic mass is 35.5. The average molecular weight is 342 g/mol. The molecule has 6 heteroatoms. The van der Waals surface area contributed by atoms with Crippen LogP contribution in [0.3, 0.4) is 0 Å². The quantitative estimate of drug-likeness (QED) is 0.922. The number of hydrogen-bond donors (Lipinski definition) is 1. The summed E-state index contributed by atoms with van der Waals surface area (Å²) < 4.78 is 0. The first-order chi connectivity index (χ1) is 11.5. The Balaban J connectivity index is 1.64. The van der Waals surface area contributed by atoms with Gasteiger partial charge in [0, 0.05) is 35.9 Å². The minimum atomic E-state index is 0.346. The second-order valence-corrected chi connectivity index (χ2v) is 6.56. The zero-order chi connectivity index (χ0) is 17.1. The van der Waals surface area contributed by atoms with Crippen LogP contribution in [0.2, 0.25) is 5.02 Å². The van der Waals surface area contributed by atoms with E-state index in [0.29, 0.717) is 16.6 Å². The van der Waals surface area contributed by atoms with Crippen LogP contribution in [0, 0.1) is 25.2 Å². The summed E-state index contributed by atoms with van der Waals surface area (Å²) in [5.41, 5.74) is 2.44.